The Labute approximate surface area is 129 Å². The van der Waals surface area contributed by atoms with Crippen molar-refractivity contribution in [3.8, 4) is 0 Å². The summed E-state index contributed by atoms with van der Waals surface area (Å²) < 4.78 is 16.4. The quantitative estimate of drug-likeness (QED) is 0.857. The van der Waals surface area contributed by atoms with Gasteiger partial charge in [0.05, 0.1) is 19.4 Å². The van der Waals surface area contributed by atoms with E-state index in [0.29, 0.717) is 18.8 Å². The Morgan fingerprint density at radius 2 is 2.18 bits per heavy atom. The van der Waals surface area contributed by atoms with Gasteiger partial charge in [-0.3, -0.25) is 4.90 Å². The maximum atomic E-state index is 12.1. The van der Waals surface area contributed by atoms with Gasteiger partial charge >= 0.3 is 6.09 Å². The van der Waals surface area contributed by atoms with E-state index in [2.05, 4.69) is 5.16 Å². The normalized spacial score (nSPS) is 26.5. The highest BCUT2D eigenvalue weighted by molar-refractivity contribution is 5.70. The van der Waals surface area contributed by atoms with E-state index < -0.39 is 0 Å². The Balaban J connectivity index is 1.41. The number of ether oxygens (including phenoxy) is 2. The summed E-state index contributed by atoms with van der Waals surface area (Å²) in [6.07, 6.45) is 9.58. The van der Waals surface area contributed by atoms with Crippen LogP contribution in [-0.2, 0) is 16.0 Å². The predicted octanol–water partition coefficient (Wildman–Crippen LogP) is 3.30. The summed E-state index contributed by atoms with van der Waals surface area (Å²) in [6, 6.07) is 1.87. The van der Waals surface area contributed by atoms with Crippen molar-refractivity contribution in [2.24, 2.45) is 0 Å². The van der Waals surface area contributed by atoms with Gasteiger partial charge in [0.1, 0.15) is 11.3 Å². The Kier molecular flexibility index (Phi) is 3.32. The molecule has 1 atom stereocenters. The molecule has 0 radical (unpaired) electrons. The fourth-order valence-corrected chi connectivity index (χ4v) is 3.59. The number of hydrogen-bond acceptors (Lipinski definition) is 5. The van der Waals surface area contributed by atoms with Gasteiger partial charge in [0.25, 0.3) is 0 Å². The van der Waals surface area contributed by atoms with E-state index in [-0.39, 0.29) is 17.8 Å². The molecule has 1 saturated carbocycles. The second-order valence-corrected chi connectivity index (χ2v) is 6.42. The van der Waals surface area contributed by atoms with E-state index in [1.807, 2.05) is 12.1 Å². The van der Waals surface area contributed by atoms with Crippen molar-refractivity contribution in [2.75, 3.05) is 6.54 Å². The molecule has 2 aliphatic heterocycles. The Hall–Kier alpha value is -1.98. The molecule has 1 aliphatic carbocycles. The zero-order valence-corrected chi connectivity index (χ0v) is 12.5. The molecule has 2 fully saturated rings. The lowest BCUT2D eigenvalue weighted by molar-refractivity contribution is 0.0260. The molecule has 6 nitrogen and oxygen atoms in total. The highest BCUT2D eigenvalue weighted by Crippen LogP contribution is 2.37. The van der Waals surface area contributed by atoms with Gasteiger partial charge < -0.3 is 14.0 Å². The molecule has 0 aromatic carbocycles. The number of nitrogens with zero attached hydrogens (tertiary/aromatic N) is 2. The molecule has 0 bridgehead atoms. The van der Waals surface area contributed by atoms with Gasteiger partial charge in [-0.2, -0.15) is 0 Å². The van der Waals surface area contributed by atoms with Crippen LogP contribution in [-0.4, -0.2) is 28.3 Å². The van der Waals surface area contributed by atoms with Gasteiger partial charge in [0.15, 0.2) is 11.9 Å². The highest BCUT2D eigenvalue weighted by Gasteiger charge is 2.45. The number of amides is 1. The number of hydrogen-bond donors (Lipinski definition) is 0. The summed E-state index contributed by atoms with van der Waals surface area (Å²) in [5.74, 6) is 0.708. The van der Waals surface area contributed by atoms with E-state index in [9.17, 15) is 4.79 Å². The lowest BCUT2D eigenvalue weighted by Crippen LogP contribution is -2.36. The van der Waals surface area contributed by atoms with Gasteiger partial charge in [-0.05, 0) is 31.8 Å². The van der Waals surface area contributed by atoms with Crippen molar-refractivity contribution >= 4 is 6.09 Å². The van der Waals surface area contributed by atoms with Crippen molar-refractivity contribution in [1.29, 1.82) is 0 Å². The monoisotopic (exact) mass is 304 g/mol. The van der Waals surface area contributed by atoms with Crippen molar-refractivity contribution in [2.45, 2.75) is 56.8 Å². The summed E-state index contributed by atoms with van der Waals surface area (Å²) in [5, 5.41) is 4.06. The molecular formula is C16H20N2O4. The van der Waals surface area contributed by atoms with Crippen molar-refractivity contribution < 1.29 is 18.8 Å². The first-order valence-electron chi connectivity index (χ1n) is 7.98. The van der Waals surface area contributed by atoms with Crippen LogP contribution in [0.25, 0.3) is 0 Å². The lowest BCUT2D eigenvalue weighted by Gasteiger charge is -2.30. The Morgan fingerprint density at radius 3 is 2.95 bits per heavy atom. The molecule has 1 spiro atoms. The van der Waals surface area contributed by atoms with Crippen molar-refractivity contribution in [1.82, 2.24) is 10.1 Å². The molecule has 3 heterocycles. The number of carbonyl (C=O) groups is 1. The minimum absolute atomic E-state index is 0.0866. The maximum Gasteiger partial charge on any atom is 0.410 e. The topological polar surface area (TPSA) is 64.8 Å². The zero-order valence-electron chi connectivity index (χ0n) is 12.5. The SMILES string of the molecule is O=C1OC2(CCCCC2)CN1Cc1cc(C2CC=CO2)on1. The van der Waals surface area contributed by atoms with E-state index in [4.69, 9.17) is 14.0 Å². The standard InChI is InChI=1S/C16H20N2O4/c19-15-18(11-16(21-15)6-2-1-3-7-16)10-12-9-14(22-17-12)13-5-4-8-20-13/h4,8-9,13H,1-3,5-7,10-11H2. The van der Waals surface area contributed by atoms with Gasteiger partial charge in [-0.25, -0.2) is 4.79 Å². The van der Waals surface area contributed by atoms with Crippen LogP contribution in [0.5, 0.6) is 0 Å². The summed E-state index contributed by atoms with van der Waals surface area (Å²) in [5.41, 5.74) is 0.482. The first-order valence-corrected chi connectivity index (χ1v) is 7.98. The highest BCUT2D eigenvalue weighted by atomic mass is 16.6. The molecule has 6 heteroatoms. The molecule has 1 amide bonds. The van der Waals surface area contributed by atoms with Crippen molar-refractivity contribution in [3.05, 3.63) is 29.9 Å². The summed E-state index contributed by atoms with van der Waals surface area (Å²) >= 11 is 0. The van der Waals surface area contributed by atoms with Crippen molar-refractivity contribution in [3.63, 3.8) is 0 Å². The maximum absolute atomic E-state index is 12.1. The molecule has 1 unspecified atom stereocenters. The molecule has 22 heavy (non-hydrogen) atoms. The summed E-state index contributed by atoms with van der Waals surface area (Å²) in [4.78, 5) is 13.9. The van der Waals surface area contributed by atoms with Gasteiger partial charge in [-0.1, -0.05) is 11.6 Å². The van der Waals surface area contributed by atoms with Gasteiger partial charge in [0, 0.05) is 12.5 Å². The minimum Gasteiger partial charge on any atom is -0.490 e. The second kappa shape index (κ2) is 5.34. The number of aromatic nitrogens is 1. The van der Waals surface area contributed by atoms with E-state index in [1.54, 1.807) is 11.2 Å². The molecular weight excluding hydrogens is 284 g/mol. The van der Waals surface area contributed by atoms with Crippen LogP contribution in [0.4, 0.5) is 4.79 Å². The van der Waals surface area contributed by atoms with E-state index >= 15 is 0 Å². The second-order valence-electron chi connectivity index (χ2n) is 6.42. The minimum atomic E-state index is -0.264. The van der Waals surface area contributed by atoms with Crippen LogP contribution in [0, 0.1) is 0 Å². The molecule has 1 saturated heterocycles. The molecule has 4 rings (SSSR count). The third-order valence-electron chi connectivity index (χ3n) is 4.74. The third-order valence-corrected chi connectivity index (χ3v) is 4.74. The summed E-state index contributed by atoms with van der Waals surface area (Å²) in [6.45, 7) is 1.10. The smallest absolute Gasteiger partial charge is 0.410 e. The van der Waals surface area contributed by atoms with E-state index in [1.165, 1.54) is 6.42 Å². The largest absolute Gasteiger partial charge is 0.490 e. The van der Waals surface area contributed by atoms with Crippen LogP contribution in [0.3, 0.4) is 0 Å². The first-order chi connectivity index (χ1) is 10.7. The number of carbonyl (C=O) groups excluding carboxylic acids is 1. The molecule has 1 aromatic rings. The first kappa shape index (κ1) is 13.7. The average molecular weight is 304 g/mol. The van der Waals surface area contributed by atoms with Gasteiger partial charge in [0.2, 0.25) is 0 Å². The number of rotatable bonds is 3. The fourth-order valence-electron chi connectivity index (χ4n) is 3.59. The lowest BCUT2D eigenvalue weighted by atomic mass is 9.85. The average Bonchev–Trinajstić information content (AvgIpc) is 3.22. The van der Waals surface area contributed by atoms with Crippen LogP contribution < -0.4 is 0 Å². The zero-order chi connectivity index (χ0) is 15.0. The van der Waals surface area contributed by atoms with Crippen LogP contribution >= 0.6 is 0 Å². The molecule has 0 N–H and O–H groups in total. The molecule has 1 aromatic heterocycles. The molecule has 3 aliphatic rings. The predicted molar refractivity (Wildman–Crippen MR) is 76.8 cm³/mol. The van der Waals surface area contributed by atoms with Crippen LogP contribution in [0.1, 0.15) is 56.1 Å². The Bertz CT molecular complexity index is 581. The van der Waals surface area contributed by atoms with Crippen LogP contribution in [0.15, 0.2) is 22.9 Å². The molecule has 118 valence electrons. The Morgan fingerprint density at radius 1 is 1.32 bits per heavy atom. The summed E-state index contributed by atoms with van der Waals surface area (Å²) in [7, 11) is 0. The fraction of sp³-hybridized carbons (Fsp3) is 0.625. The van der Waals surface area contributed by atoms with E-state index in [0.717, 1.165) is 37.8 Å². The van der Waals surface area contributed by atoms with Crippen LogP contribution in [0.2, 0.25) is 0 Å². The van der Waals surface area contributed by atoms with Gasteiger partial charge in [-0.15, -0.1) is 0 Å². The third kappa shape index (κ3) is 2.46.